The predicted octanol–water partition coefficient (Wildman–Crippen LogP) is 16.3. The van der Waals surface area contributed by atoms with Gasteiger partial charge in [-0.2, -0.15) is 0 Å². The number of fused-ring (bicyclic) bond motifs is 7. The van der Waals surface area contributed by atoms with Crippen molar-refractivity contribution in [3.05, 3.63) is 217 Å². The second-order valence-electron chi connectivity index (χ2n) is 17.0. The Morgan fingerprint density at radius 1 is 0.339 bits per heavy atom. The van der Waals surface area contributed by atoms with Gasteiger partial charge in [0.25, 0.3) is 0 Å². The van der Waals surface area contributed by atoms with Crippen LogP contribution >= 0.6 is 11.3 Å². The molecule has 0 spiro atoms. The Balaban J connectivity index is 1.01. The molecular formula is C59H40N2S. The summed E-state index contributed by atoms with van der Waals surface area (Å²) in [6.07, 6.45) is 0. The van der Waals surface area contributed by atoms with Gasteiger partial charge < -0.3 is 0 Å². The van der Waals surface area contributed by atoms with Crippen LogP contribution in [0.4, 0.5) is 0 Å². The molecule has 9 aromatic carbocycles. The number of rotatable bonds is 6. The van der Waals surface area contributed by atoms with Crippen molar-refractivity contribution >= 4 is 42.3 Å². The molecule has 2 nitrogen and oxygen atoms in total. The molecule has 0 saturated carbocycles. The topological polar surface area (TPSA) is 25.8 Å². The SMILES string of the molecule is CC1(C)c2ccccc2-c2cc(-c3ccc(-c4cc(-c5cc(-c6ccc7sc8ccccc8c7c6)cc(-c6cccc7ccccc67)c5)nc(-c5ccccc5)n4)cc3)ccc21. The lowest BCUT2D eigenvalue weighted by Gasteiger charge is -2.21. The molecule has 3 heteroatoms. The highest BCUT2D eigenvalue weighted by Crippen LogP contribution is 2.49. The van der Waals surface area contributed by atoms with Crippen LogP contribution in [-0.2, 0) is 5.41 Å². The Morgan fingerprint density at radius 3 is 1.81 bits per heavy atom. The Morgan fingerprint density at radius 2 is 0.935 bits per heavy atom. The van der Waals surface area contributed by atoms with E-state index in [9.17, 15) is 0 Å². The van der Waals surface area contributed by atoms with Gasteiger partial charge in [-0.1, -0.05) is 172 Å². The average molecular weight is 809 g/mol. The summed E-state index contributed by atoms with van der Waals surface area (Å²) in [6.45, 7) is 4.66. The first kappa shape index (κ1) is 36.4. The fourth-order valence-corrected chi connectivity index (χ4v) is 10.8. The maximum atomic E-state index is 5.33. The van der Waals surface area contributed by atoms with Gasteiger partial charge in [0.05, 0.1) is 11.4 Å². The van der Waals surface area contributed by atoms with E-state index in [-0.39, 0.29) is 5.41 Å². The molecule has 2 heterocycles. The van der Waals surface area contributed by atoms with Crippen molar-refractivity contribution in [2.75, 3.05) is 0 Å². The van der Waals surface area contributed by atoms with Gasteiger partial charge in [0.15, 0.2) is 5.82 Å². The third-order valence-electron chi connectivity index (χ3n) is 12.9. The number of nitrogens with zero attached hydrogens (tertiary/aromatic N) is 2. The lowest BCUT2D eigenvalue weighted by molar-refractivity contribution is 0.660. The molecule has 62 heavy (non-hydrogen) atoms. The van der Waals surface area contributed by atoms with E-state index < -0.39 is 0 Å². The van der Waals surface area contributed by atoms with E-state index in [1.165, 1.54) is 75.5 Å². The largest absolute Gasteiger partial charge is 0.228 e. The van der Waals surface area contributed by atoms with E-state index in [0.717, 1.165) is 39.2 Å². The molecule has 0 bridgehead atoms. The minimum atomic E-state index is -0.0167. The van der Waals surface area contributed by atoms with Crippen molar-refractivity contribution in [1.29, 1.82) is 0 Å². The zero-order chi connectivity index (χ0) is 41.4. The predicted molar refractivity (Wildman–Crippen MR) is 263 cm³/mol. The van der Waals surface area contributed by atoms with Crippen LogP contribution in [0.15, 0.2) is 206 Å². The van der Waals surface area contributed by atoms with Crippen molar-refractivity contribution in [2.24, 2.45) is 0 Å². The minimum Gasteiger partial charge on any atom is -0.228 e. The molecular weight excluding hydrogens is 769 g/mol. The average Bonchev–Trinajstić information content (AvgIpc) is 3.82. The van der Waals surface area contributed by atoms with Crippen LogP contribution in [0.3, 0.4) is 0 Å². The van der Waals surface area contributed by atoms with E-state index in [1.807, 2.05) is 17.4 Å². The summed E-state index contributed by atoms with van der Waals surface area (Å²) in [5.41, 5.74) is 17.3. The zero-order valence-corrected chi connectivity index (χ0v) is 35.2. The summed E-state index contributed by atoms with van der Waals surface area (Å²) >= 11 is 1.85. The molecule has 0 atom stereocenters. The summed E-state index contributed by atoms with van der Waals surface area (Å²) in [5, 5.41) is 5.02. The molecule has 292 valence electrons. The normalized spacial score (nSPS) is 12.8. The lowest BCUT2D eigenvalue weighted by atomic mass is 9.82. The highest BCUT2D eigenvalue weighted by molar-refractivity contribution is 7.25. The maximum absolute atomic E-state index is 5.33. The highest BCUT2D eigenvalue weighted by Gasteiger charge is 2.35. The van der Waals surface area contributed by atoms with E-state index in [2.05, 4.69) is 214 Å². The Labute approximate surface area is 365 Å². The van der Waals surface area contributed by atoms with Crippen LogP contribution in [0.25, 0.3) is 109 Å². The number of thiophene rings is 1. The van der Waals surface area contributed by atoms with Gasteiger partial charge in [0, 0.05) is 42.3 Å². The minimum absolute atomic E-state index is 0.0167. The van der Waals surface area contributed by atoms with Crippen molar-refractivity contribution in [3.63, 3.8) is 0 Å². The molecule has 0 aliphatic heterocycles. The van der Waals surface area contributed by atoms with Gasteiger partial charge in [-0.25, -0.2) is 9.97 Å². The van der Waals surface area contributed by atoms with Crippen LogP contribution in [0.2, 0.25) is 0 Å². The molecule has 0 amide bonds. The summed E-state index contributed by atoms with van der Waals surface area (Å²) in [7, 11) is 0. The Kier molecular flexibility index (Phi) is 8.41. The maximum Gasteiger partial charge on any atom is 0.160 e. The first-order valence-electron chi connectivity index (χ1n) is 21.3. The fourth-order valence-electron chi connectivity index (χ4n) is 9.67. The number of hydrogen-bond acceptors (Lipinski definition) is 3. The monoisotopic (exact) mass is 808 g/mol. The molecule has 0 N–H and O–H groups in total. The summed E-state index contributed by atoms with van der Waals surface area (Å²) < 4.78 is 2.60. The second-order valence-corrected chi connectivity index (χ2v) is 18.1. The van der Waals surface area contributed by atoms with E-state index in [1.54, 1.807) is 0 Å². The zero-order valence-electron chi connectivity index (χ0n) is 34.4. The number of hydrogen-bond donors (Lipinski definition) is 0. The summed E-state index contributed by atoms with van der Waals surface area (Å²) in [5.74, 6) is 0.699. The van der Waals surface area contributed by atoms with Gasteiger partial charge in [0.1, 0.15) is 0 Å². The lowest BCUT2D eigenvalue weighted by Crippen LogP contribution is -2.14. The molecule has 0 radical (unpaired) electrons. The Bertz CT molecular complexity index is 3540. The van der Waals surface area contributed by atoms with E-state index in [4.69, 9.17) is 9.97 Å². The molecule has 0 unspecified atom stereocenters. The smallest absolute Gasteiger partial charge is 0.160 e. The number of benzene rings is 9. The second kappa shape index (κ2) is 14.3. The van der Waals surface area contributed by atoms with Gasteiger partial charge in [-0.05, 0) is 115 Å². The van der Waals surface area contributed by atoms with Crippen molar-refractivity contribution in [1.82, 2.24) is 9.97 Å². The third-order valence-corrected chi connectivity index (χ3v) is 14.0. The molecule has 1 aliphatic rings. The van der Waals surface area contributed by atoms with Crippen molar-refractivity contribution < 1.29 is 0 Å². The van der Waals surface area contributed by atoms with Gasteiger partial charge in [-0.15, -0.1) is 11.3 Å². The summed E-state index contributed by atoms with van der Waals surface area (Å²) in [4.78, 5) is 10.6. The molecule has 1 aliphatic carbocycles. The molecule has 0 saturated heterocycles. The molecule has 2 aromatic heterocycles. The first-order chi connectivity index (χ1) is 30.4. The van der Waals surface area contributed by atoms with Gasteiger partial charge >= 0.3 is 0 Å². The Hall–Kier alpha value is -7.46. The van der Waals surface area contributed by atoms with Gasteiger partial charge in [0.2, 0.25) is 0 Å². The third kappa shape index (κ3) is 6.08. The van der Waals surface area contributed by atoms with E-state index in [0.29, 0.717) is 5.82 Å². The van der Waals surface area contributed by atoms with E-state index >= 15 is 0 Å². The van der Waals surface area contributed by atoms with Crippen molar-refractivity contribution in [3.8, 4) is 78.4 Å². The van der Waals surface area contributed by atoms with Crippen LogP contribution in [-0.4, -0.2) is 9.97 Å². The van der Waals surface area contributed by atoms with Crippen LogP contribution < -0.4 is 0 Å². The highest BCUT2D eigenvalue weighted by atomic mass is 32.1. The van der Waals surface area contributed by atoms with Crippen LogP contribution in [0.5, 0.6) is 0 Å². The standard InChI is InChI=1S/C59H40N2S/c1-59(2)52-21-10-8-18-48(52)50-34-41(27-29-53(50)59)37-23-25-39(26-24-37)54-36-55(61-58(60-54)40-14-4-3-5-15-40)45-32-43(31-44(33-45)47-20-12-16-38-13-6-7-17-46(38)47)42-28-30-57-51(35-42)49-19-9-11-22-56(49)62-57/h3-36H,1-2H3. The number of aromatic nitrogens is 2. The quantitative estimate of drug-likeness (QED) is 0.167. The molecule has 0 fully saturated rings. The van der Waals surface area contributed by atoms with Crippen LogP contribution in [0.1, 0.15) is 25.0 Å². The first-order valence-corrected chi connectivity index (χ1v) is 22.1. The molecule has 11 aromatic rings. The van der Waals surface area contributed by atoms with Crippen LogP contribution in [0, 0.1) is 0 Å². The fraction of sp³-hybridized carbons (Fsp3) is 0.0508. The van der Waals surface area contributed by atoms with Crippen molar-refractivity contribution in [2.45, 2.75) is 19.3 Å². The molecule has 12 rings (SSSR count). The summed E-state index contributed by atoms with van der Waals surface area (Å²) in [6, 6.07) is 75.0. The van der Waals surface area contributed by atoms with Gasteiger partial charge in [-0.3, -0.25) is 0 Å².